The normalized spacial score (nSPS) is 12.4. The maximum Gasteiger partial charge on any atom is 0.150 e. The highest BCUT2D eigenvalue weighted by molar-refractivity contribution is 9.10. The Morgan fingerprint density at radius 2 is 2.19 bits per heavy atom. The second-order valence-corrected chi connectivity index (χ2v) is 5.82. The van der Waals surface area contributed by atoms with E-state index in [1.807, 2.05) is 38.1 Å². The lowest BCUT2D eigenvalue weighted by Gasteiger charge is -2.14. The summed E-state index contributed by atoms with van der Waals surface area (Å²) in [7, 11) is 0. The maximum absolute atomic E-state index is 9.89. The highest BCUT2D eigenvalue weighted by atomic mass is 79.9. The highest BCUT2D eigenvalue weighted by Crippen LogP contribution is 2.25. The zero-order valence-corrected chi connectivity index (χ0v) is 13.7. The van der Waals surface area contributed by atoms with Gasteiger partial charge in [-0.25, -0.2) is 0 Å². The second kappa shape index (κ2) is 7.59. The predicted molar refractivity (Wildman–Crippen MR) is 83.3 cm³/mol. The number of aryl methyl sites for hydroxylation is 2. The number of halogens is 1. The average molecular weight is 355 g/mol. The van der Waals surface area contributed by atoms with Gasteiger partial charge in [-0.05, 0) is 47.5 Å². The van der Waals surface area contributed by atoms with E-state index >= 15 is 0 Å². The van der Waals surface area contributed by atoms with Gasteiger partial charge in [0, 0.05) is 12.6 Å². The molecule has 0 bridgehead atoms. The molecule has 0 spiro atoms. The standard InChI is InChI=1S/C15H19BrN2O3/c1-10-3-4-15(14(16)5-10)20-9-12(19)7-17-8-13-6-11(2)18-21-13/h3-6,12,17,19H,7-9H2,1-2H3. The van der Waals surface area contributed by atoms with Crippen LogP contribution in [0.3, 0.4) is 0 Å². The lowest BCUT2D eigenvalue weighted by molar-refractivity contribution is 0.105. The fraction of sp³-hybridized carbons (Fsp3) is 0.400. The number of aromatic nitrogens is 1. The summed E-state index contributed by atoms with van der Waals surface area (Å²) in [6, 6.07) is 7.69. The Labute approximate surface area is 132 Å². The smallest absolute Gasteiger partial charge is 0.150 e. The van der Waals surface area contributed by atoms with E-state index in [1.165, 1.54) is 0 Å². The van der Waals surface area contributed by atoms with Crippen LogP contribution in [0.2, 0.25) is 0 Å². The van der Waals surface area contributed by atoms with Crippen molar-refractivity contribution >= 4 is 15.9 Å². The van der Waals surface area contributed by atoms with Crippen LogP contribution in [-0.4, -0.2) is 29.5 Å². The van der Waals surface area contributed by atoms with Gasteiger partial charge in [-0.15, -0.1) is 0 Å². The first-order valence-electron chi connectivity index (χ1n) is 6.74. The minimum absolute atomic E-state index is 0.226. The lowest BCUT2D eigenvalue weighted by Crippen LogP contribution is -2.31. The predicted octanol–water partition coefficient (Wildman–Crippen LogP) is 2.58. The zero-order valence-electron chi connectivity index (χ0n) is 12.1. The molecule has 0 saturated carbocycles. The van der Waals surface area contributed by atoms with Gasteiger partial charge < -0.3 is 19.7 Å². The van der Waals surface area contributed by atoms with Crippen molar-refractivity contribution < 1.29 is 14.4 Å². The molecule has 2 rings (SSSR count). The van der Waals surface area contributed by atoms with Gasteiger partial charge in [-0.1, -0.05) is 11.2 Å². The topological polar surface area (TPSA) is 67.5 Å². The van der Waals surface area contributed by atoms with E-state index in [0.29, 0.717) is 13.1 Å². The molecule has 6 heteroatoms. The molecule has 0 aliphatic rings. The molecule has 2 aromatic rings. The van der Waals surface area contributed by atoms with Gasteiger partial charge in [0.2, 0.25) is 0 Å². The first kappa shape index (κ1) is 16.0. The van der Waals surface area contributed by atoms with Crippen LogP contribution in [0.1, 0.15) is 17.0 Å². The highest BCUT2D eigenvalue weighted by Gasteiger charge is 2.08. The van der Waals surface area contributed by atoms with Crippen molar-refractivity contribution in [3.05, 3.63) is 45.8 Å². The Kier molecular flexibility index (Phi) is 5.78. The number of ether oxygens (including phenoxy) is 1. The van der Waals surface area contributed by atoms with Crippen molar-refractivity contribution in [2.24, 2.45) is 0 Å². The molecule has 1 aromatic carbocycles. The summed E-state index contributed by atoms with van der Waals surface area (Å²) < 4.78 is 11.5. The first-order chi connectivity index (χ1) is 10.0. The van der Waals surface area contributed by atoms with Gasteiger partial charge in [0.05, 0.1) is 16.7 Å². The Morgan fingerprint density at radius 1 is 1.38 bits per heavy atom. The summed E-state index contributed by atoms with van der Waals surface area (Å²) in [5.41, 5.74) is 2.00. The third-order valence-corrected chi connectivity index (χ3v) is 3.49. The van der Waals surface area contributed by atoms with Crippen molar-refractivity contribution in [1.82, 2.24) is 10.5 Å². The van der Waals surface area contributed by atoms with Crippen molar-refractivity contribution in [3.63, 3.8) is 0 Å². The summed E-state index contributed by atoms with van der Waals surface area (Å²) >= 11 is 3.44. The van der Waals surface area contributed by atoms with E-state index in [1.54, 1.807) is 0 Å². The number of nitrogens with zero attached hydrogens (tertiary/aromatic N) is 1. The van der Waals surface area contributed by atoms with Crippen LogP contribution in [-0.2, 0) is 6.54 Å². The minimum Gasteiger partial charge on any atom is -0.490 e. The van der Waals surface area contributed by atoms with Crippen LogP contribution in [0, 0.1) is 13.8 Å². The van der Waals surface area contributed by atoms with E-state index in [-0.39, 0.29) is 6.61 Å². The molecule has 1 atom stereocenters. The summed E-state index contributed by atoms with van der Waals surface area (Å²) in [6.45, 7) is 5.06. The molecule has 114 valence electrons. The van der Waals surface area contributed by atoms with Crippen LogP contribution in [0.15, 0.2) is 33.3 Å². The molecule has 2 N–H and O–H groups in total. The molecule has 0 saturated heterocycles. The molecule has 1 aromatic heterocycles. The Hall–Kier alpha value is -1.37. The molecule has 1 unspecified atom stereocenters. The number of aliphatic hydroxyl groups excluding tert-OH is 1. The molecule has 0 radical (unpaired) electrons. The Morgan fingerprint density at radius 3 is 2.86 bits per heavy atom. The summed E-state index contributed by atoms with van der Waals surface area (Å²) in [5, 5.41) is 16.8. The molecular weight excluding hydrogens is 336 g/mol. The number of rotatable bonds is 7. The third kappa shape index (κ3) is 5.15. The van der Waals surface area contributed by atoms with Crippen molar-refractivity contribution in [1.29, 1.82) is 0 Å². The fourth-order valence-electron chi connectivity index (χ4n) is 1.83. The molecule has 0 aliphatic carbocycles. The summed E-state index contributed by atoms with van der Waals surface area (Å²) in [5.74, 6) is 1.48. The maximum atomic E-state index is 9.89. The molecular formula is C15H19BrN2O3. The van der Waals surface area contributed by atoms with Crippen molar-refractivity contribution in [3.8, 4) is 5.75 Å². The number of nitrogens with one attached hydrogen (secondary N) is 1. The van der Waals surface area contributed by atoms with Crippen molar-refractivity contribution in [2.75, 3.05) is 13.2 Å². The Balaban J connectivity index is 1.70. The lowest BCUT2D eigenvalue weighted by atomic mass is 10.2. The van der Waals surface area contributed by atoms with E-state index < -0.39 is 6.10 Å². The fourth-order valence-corrected chi connectivity index (χ4v) is 2.44. The van der Waals surface area contributed by atoms with Gasteiger partial charge in [0.15, 0.2) is 5.76 Å². The van der Waals surface area contributed by atoms with E-state index in [9.17, 15) is 5.11 Å². The van der Waals surface area contributed by atoms with Crippen LogP contribution in [0.5, 0.6) is 5.75 Å². The van der Waals surface area contributed by atoms with Crippen LogP contribution in [0.25, 0.3) is 0 Å². The minimum atomic E-state index is -0.595. The van der Waals surface area contributed by atoms with Gasteiger partial charge in [0.25, 0.3) is 0 Å². The average Bonchev–Trinajstić information content (AvgIpc) is 2.83. The quantitative estimate of drug-likeness (QED) is 0.799. The van der Waals surface area contributed by atoms with Gasteiger partial charge in [-0.2, -0.15) is 0 Å². The van der Waals surface area contributed by atoms with Crippen LogP contribution < -0.4 is 10.1 Å². The molecule has 0 amide bonds. The molecule has 1 heterocycles. The monoisotopic (exact) mass is 354 g/mol. The van der Waals surface area contributed by atoms with E-state index in [4.69, 9.17) is 9.26 Å². The SMILES string of the molecule is Cc1ccc(OCC(O)CNCc2cc(C)no2)c(Br)c1. The van der Waals surface area contributed by atoms with Gasteiger partial charge in [-0.3, -0.25) is 0 Å². The Bertz CT molecular complexity index is 586. The molecule has 21 heavy (non-hydrogen) atoms. The van der Waals surface area contributed by atoms with Gasteiger partial charge >= 0.3 is 0 Å². The second-order valence-electron chi connectivity index (χ2n) is 4.96. The zero-order chi connectivity index (χ0) is 15.2. The number of hydrogen-bond acceptors (Lipinski definition) is 5. The van der Waals surface area contributed by atoms with Crippen LogP contribution >= 0.6 is 15.9 Å². The number of aliphatic hydroxyl groups is 1. The largest absolute Gasteiger partial charge is 0.490 e. The third-order valence-electron chi connectivity index (χ3n) is 2.87. The van der Waals surface area contributed by atoms with Crippen LogP contribution in [0.4, 0.5) is 0 Å². The van der Waals surface area contributed by atoms with E-state index in [2.05, 4.69) is 26.4 Å². The molecule has 0 aliphatic heterocycles. The summed E-state index contributed by atoms with van der Waals surface area (Å²) in [4.78, 5) is 0. The van der Waals surface area contributed by atoms with Gasteiger partial charge in [0.1, 0.15) is 18.5 Å². The summed E-state index contributed by atoms with van der Waals surface area (Å²) in [6.07, 6.45) is -0.595. The number of hydrogen-bond donors (Lipinski definition) is 2. The van der Waals surface area contributed by atoms with Crippen molar-refractivity contribution in [2.45, 2.75) is 26.5 Å². The number of benzene rings is 1. The molecule has 5 nitrogen and oxygen atoms in total. The molecule has 0 fully saturated rings. The first-order valence-corrected chi connectivity index (χ1v) is 7.54. The van der Waals surface area contributed by atoms with E-state index in [0.717, 1.165) is 27.2 Å².